The third kappa shape index (κ3) is 3.11. The van der Waals surface area contributed by atoms with E-state index in [1.165, 1.54) is 38.5 Å². The molecule has 2 fully saturated rings. The molecule has 4 heteroatoms. The van der Waals surface area contributed by atoms with Crippen LogP contribution in [0.1, 0.15) is 61.7 Å². The summed E-state index contributed by atoms with van der Waals surface area (Å²) in [5.41, 5.74) is 0.669. The quantitative estimate of drug-likeness (QED) is 0.840. The van der Waals surface area contributed by atoms with Crippen molar-refractivity contribution in [3.8, 4) is 11.5 Å². The molecule has 1 aliphatic carbocycles. The fraction of sp³-hybridized carbons (Fsp3) is 0.650. The Kier molecular flexibility index (Phi) is 4.63. The number of nitrogens with zero attached hydrogens (tertiary/aromatic N) is 1. The fourth-order valence-electron chi connectivity index (χ4n) is 4.55. The zero-order valence-electron chi connectivity index (χ0n) is 14.3. The van der Waals surface area contributed by atoms with E-state index in [1.54, 1.807) is 0 Å². The van der Waals surface area contributed by atoms with E-state index >= 15 is 0 Å². The molecular formula is C20H27NO3. The lowest BCUT2D eigenvalue weighted by molar-refractivity contribution is 0.0701. The number of benzene rings is 1. The predicted octanol–water partition coefficient (Wildman–Crippen LogP) is 4.03. The van der Waals surface area contributed by atoms with E-state index in [1.807, 2.05) is 18.2 Å². The van der Waals surface area contributed by atoms with Gasteiger partial charge in [0.25, 0.3) is 5.91 Å². The van der Waals surface area contributed by atoms with Gasteiger partial charge in [-0.05, 0) is 37.3 Å². The molecule has 3 aliphatic rings. The number of fused-ring (bicyclic) bond motifs is 1. The Balaban J connectivity index is 1.51. The summed E-state index contributed by atoms with van der Waals surface area (Å²) < 4.78 is 11.4. The van der Waals surface area contributed by atoms with Gasteiger partial charge in [0.15, 0.2) is 11.5 Å². The Hall–Kier alpha value is -1.71. The number of likely N-dealkylation sites (tertiary alicyclic amines) is 1. The third-order valence-electron chi connectivity index (χ3n) is 5.76. The Morgan fingerprint density at radius 2 is 1.88 bits per heavy atom. The highest BCUT2D eigenvalue weighted by molar-refractivity contribution is 5.98. The molecule has 24 heavy (non-hydrogen) atoms. The number of carbonyl (C=O) groups is 1. The minimum Gasteiger partial charge on any atom is -0.486 e. The first kappa shape index (κ1) is 15.8. The summed E-state index contributed by atoms with van der Waals surface area (Å²) in [4.78, 5) is 15.3. The van der Waals surface area contributed by atoms with Crippen LogP contribution in [0.25, 0.3) is 0 Å². The number of hydrogen-bond donors (Lipinski definition) is 0. The molecule has 1 saturated heterocycles. The molecule has 0 bridgehead atoms. The maximum Gasteiger partial charge on any atom is 0.258 e. The van der Waals surface area contributed by atoms with Crippen molar-refractivity contribution in [2.24, 2.45) is 5.92 Å². The molecule has 130 valence electrons. The summed E-state index contributed by atoms with van der Waals surface area (Å²) in [6.07, 6.45) is 10.2. The van der Waals surface area contributed by atoms with Crippen LogP contribution in [0.3, 0.4) is 0 Å². The molecule has 4 nitrogen and oxygen atoms in total. The Labute approximate surface area is 144 Å². The number of amides is 1. The van der Waals surface area contributed by atoms with Crippen molar-refractivity contribution in [3.05, 3.63) is 23.8 Å². The van der Waals surface area contributed by atoms with Gasteiger partial charge in [-0.3, -0.25) is 4.79 Å². The SMILES string of the molecule is O=C(c1cccc2c1OCCO2)N1CCCC1CC1CCCCC1. The summed E-state index contributed by atoms with van der Waals surface area (Å²) in [5, 5.41) is 0. The van der Waals surface area contributed by atoms with E-state index in [-0.39, 0.29) is 5.91 Å². The molecule has 4 rings (SSSR count). The van der Waals surface area contributed by atoms with Crippen LogP contribution in [0.5, 0.6) is 11.5 Å². The predicted molar refractivity (Wildman–Crippen MR) is 92.7 cm³/mol. The molecule has 2 heterocycles. The van der Waals surface area contributed by atoms with Gasteiger partial charge in [-0.25, -0.2) is 0 Å². The standard InChI is InChI=1S/C20H27NO3/c22-20(17-9-4-10-18-19(17)24-13-12-23-18)21-11-5-8-16(21)14-15-6-2-1-3-7-15/h4,9-10,15-16H,1-3,5-8,11-14H2. The van der Waals surface area contributed by atoms with E-state index in [4.69, 9.17) is 9.47 Å². The highest BCUT2D eigenvalue weighted by Crippen LogP contribution is 2.37. The van der Waals surface area contributed by atoms with Crippen molar-refractivity contribution in [1.29, 1.82) is 0 Å². The number of ether oxygens (including phenoxy) is 2. The first-order chi connectivity index (χ1) is 11.8. The van der Waals surface area contributed by atoms with Gasteiger partial charge in [0.2, 0.25) is 0 Å². The van der Waals surface area contributed by atoms with Crippen LogP contribution in [-0.4, -0.2) is 36.6 Å². The van der Waals surface area contributed by atoms with Gasteiger partial charge >= 0.3 is 0 Å². The maximum atomic E-state index is 13.2. The zero-order chi connectivity index (χ0) is 16.4. The maximum absolute atomic E-state index is 13.2. The van der Waals surface area contributed by atoms with E-state index in [2.05, 4.69) is 4.90 Å². The van der Waals surface area contributed by atoms with Crippen molar-refractivity contribution in [1.82, 2.24) is 4.90 Å². The molecule has 2 aliphatic heterocycles. The molecule has 0 aromatic heterocycles. The normalized spacial score (nSPS) is 24.2. The van der Waals surface area contributed by atoms with Gasteiger partial charge in [-0.2, -0.15) is 0 Å². The van der Waals surface area contributed by atoms with Crippen LogP contribution >= 0.6 is 0 Å². The molecular weight excluding hydrogens is 302 g/mol. The second-order valence-corrected chi connectivity index (χ2v) is 7.36. The Morgan fingerprint density at radius 3 is 2.75 bits per heavy atom. The Morgan fingerprint density at radius 1 is 1.04 bits per heavy atom. The number of carbonyl (C=O) groups excluding carboxylic acids is 1. The van der Waals surface area contributed by atoms with Gasteiger partial charge in [-0.1, -0.05) is 38.2 Å². The molecule has 1 unspecified atom stereocenters. The molecule has 1 aromatic carbocycles. The van der Waals surface area contributed by atoms with Crippen LogP contribution in [0, 0.1) is 5.92 Å². The monoisotopic (exact) mass is 329 g/mol. The first-order valence-corrected chi connectivity index (χ1v) is 9.52. The van der Waals surface area contributed by atoms with Crippen LogP contribution in [-0.2, 0) is 0 Å². The second kappa shape index (κ2) is 7.04. The van der Waals surface area contributed by atoms with Crippen molar-refractivity contribution in [3.63, 3.8) is 0 Å². The summed E-state index contributed by atoms with van der Waals surface area (Å²) in [6.45, 7) is 1.95. The van der Waals surface area contributed by atoms with Gasteiger partial charge in [0.05, 0.1) is 5.56 Å². The average Bonchev–Trinajstić information content (AvgIpc) is 3.09. The first-order valence-electron chi connectivity index (χ1n) is 9.52. The lowest BCUT2D eigenvalue weighted by Crippen LogP contribution is -2.37. The lowest BCUT2D eigenvalue weighted by atomic mass is 9.84. The van der Waals surface area contributed by atoms with Gasteiger partial charge in [-0.15, -0.1) is 0 Å². The topological polar surface area (TPSA) is 38.8 Å². The summed E-state index contributed by atoms with van der Waals surface area (Å²) >= 11 is 0. The average molecular weight is 329 g/mol. The zero-order valence-corrected chi connectivity index (χ0v) is 14.3. The number of para-hydroxylation sites is 1. The Bertz CT molecular complexity index is 595. The van der Waals surface area contributed by atoms with Crippen molar-refractivity contribution in [2.75, 3.05) is 19.8 Å². The number of hydrogen-bond acceptors (Lipinski definition) is 3. The van der Waals surface area contributed by atoms with Crippen LogP contribution in [0.4, 0.5) is 0 Å². The highest BCUT2D eigenvalue weighted by Gasteiger charge is 2.33. The molecule has 1 atom stereocenters. The highest BCUT2D eigenvalue weighted by atomic mass is 16.6. The van der Waals surface area contributed by atoms with Crippen molar-refractivity contribution in [2.45, 2.75) is 57.4 Å². The molecule has 1 amide bonds. The van der Waals surface area contributed by atoms with Crippen molar-refractivity contribution < 1.29 is 14.3 Å². The molecule has 0 N–H and O–H groups in total. The lowest BCUT2D eigenvalue weighted by Gasteiger charge is -2.31. The van der Waals surface area contributed by atoms with Crippen LogP contribution in [0.15, 0.2) is 18.2 Å². The molecule has 1 aromatic rings. The van der Waals surface area contributed by atoms with E-state index in [9.17, 15) is 4.79 Å². The fourth-order valence-corrected chi connectivity index (χ4v) is 4.55. The van der Waals surface area contributed by atoms with E-state index in [0.717, 1.165) is 25.3 Å². The minimum atomic E-state index is 0.121. The third-order valence-corrected chi connectivity index (χ3v) is 5.76. The minimum absolute atomic E-state index is 0.121. The molecule has 0 spiro atoms. The summed E-state index contributed by atoms with van der Waals surface area (Å²) in [6, 6.07) is 6.06. The van der Waals surface area contributed by atoms with Gasteiger partial charge < -0.3 is 14.4 Å². The summed E-state index contributed by atoms with van der Waals surface area (Å²) in [5.74, 6) is 2.27. The molecule has 0 radical (unpaired) electrons. The van der Waals surface area contributed by atoms with E-state index < -0.39 is 0 Å². The summed E-state index contributed by atoms with van der Waals surface area (Å²) in [7, 11) is 0. The molecule has 1 saturated carbocycles. The van der Waals surface area contributed by atoms with Gasteiger partial charge in [0.1, 0.15) is 13.2 Å². The van der Waals surface area contributed by atoms with Crippen LogP contribution < -0.4 is 9.47 Å². The largest absolute Gasteiger partial charge is 0.486 e. The smallest absolute Gasteiger partial charge is 0.258 e. The second-order valence-electron chi connectivity index (χ2n) is 7.36. The van der Waals surface area contributed by atoms with Crippen LogP contribution in [0.2, 0.25) is 0 Å². The van der Waals surface area contributed by atoms with E-state index in [0.29, 0.717) is 36.3 Å². The van der Waals surface area contributed by atoms with Gasteiger partial charge in [0, 0.05) is 12.6 Å². The van der Waals surface area contributed by atoms with Crippen molar-refractivity contribution >= 4 is 5.91 Å². The number of rotatable bonds is 3.